The third-order valence-electron chi connectivity index (χ3n) is 2.66. The van der Waals surface area contributed by atoms with Gasteiger partial charge in [0.05, 0.1) is 25.3 Å². The van der Waals surface area contributed by atoms with Gasteiger partial charge in [-0.2, -0.15) is 5.26 Å². The molecule has 19 heavy (non-hydrogen) atoms. The van der Waals surface area contributed by atoms with Crippen LogP contribution >= 0.6 is 11.6 Å². The van der Waals surface area contributed by atoms with Gasteiger partial charge in [0, 0.05) is 17.6 Å². The minimum absolute atomic E-state index is 0.0491. The molecule has 0 amide bonds. The number of halogens is 1. The zero-order valence-corrected chi connectivity index (χ0v) is 11.6. The summed E-state index contributed by atoms with van der Waals surface area (Å²) in [5.41, 5.74) is 1.52. The molecule has 0 unspecified atom stereocenters. The molecule has 1 N–H and O–H groups in total. The van der Waals surface area contributed by atoms with Crippen LogP contribution in [-0.4, -0.2) is 31.3 Å². The maximum absolute atomic E-state index is 10.7. The van der Waals surface area contributed by atoms with Crippen molar-refractivity contribution >= 4 is 23.3 Å². The highest BCUT2D eigenvalue weighted by Crippen LogP contribution is 2.33. The van der Waals surface area contributed by atoms with Crippen LogP contribution in [0.2, 0.25) is 5.02 Å². The molecule has 1 aromatic carbocycles. The highest BCUT2D eigenvalue weighted by molar-refractivity contribution is 6.31. The summed E-state index contributed by atoms with van der Waals surface area (Å²) < 4.78 is 5.23. The van der Waals surface area contributed by atoms with Gasteiger partial charge in [0.15, 0.2) is 0 Å². The fourth-order valence-corrected chi connectivity index (χ4v) is 1.81. The smallest absolute Gasteiger partial charge is 0.305 e. The van der Waals surface area contributed by atoms with Crippen molar-refractivity contribution in [2.75, 3.05) is 25.1 Å². The van der Waals surface area contributed by atoms with Gasteiger partial charge in [-0.3, -0.25) is 4.79 Å². The van der Waals surface area contributed by atoms with Gasteiger partial charge >= 0.3 is 5.97 Å². The van der Waals surface area contributed by atoms with Crippen LogP contribution in [0.1, 0.15) is 12.0 Å². The molecule has 5 nitrogen and oxygen atoms in total. The summed E-state index contributed by atoms with van der Waals surface area (Å²) >= 11 is 6.02. The van der Waals surface area contributed by atoms with E-state index in [1.807, 2.05) is 13.0 Å². The monoisotopic (exact) mass is 282 g/mol. The summed E-state index contributed by atoms with van der Waals surface area (Å²) in [5.74, 6) is -0.385. The largest absolute Gasteiger partial charge is 0.495 e. The molecular formula is C13H15ClN2O3. The van der Waals surface area contributed by atoms with Crippen LogP contribution in [0.15, 0.2) is 12.1 Å². The van der Waals surface area contributed by atoms with Gasteiger partial charge in [0.1, 0.15) is 12.3 Å². The first-order valence-electron chi connectivity index (χ1n) is 5.67. The van der Waals surface area contributed by atoms with Gasteiger partial charge in [-0.15, -0.1) is 0 Å². The zero-order chi connectivity index (χ0) is 14.4. The lowest BCUT2D eigenvalue weighted by atomic mass is 10.1. The average Bonchev–Trinajstić information content (AvgIpc) is 2.37. The van der Waals surface area contributed by atoms with Crippen LogP contribution in [0.4, 0.5) is 5.69 Å². The molecule has 102 valence electrons. The maximum Gasteiger partial charge on any atom is 0.305 e. The summed E-state index contributed by atoms with van der Waals surface area (Å²) in [4.78, 5) is 12.3. The quantitative estimate of drug-likeness (QED) is 0.811. The maximum atomic E-state index is 10.7. The number of nitrogens with zero attached hydrogens (tertiary/aromatic N) is 2. The Labute approximate surface area is 117 Å². The number of hydrogen-bond donors (Lipinski definition) is 1. The van der Waals surface area contributed by atoms with Gasteiger partial charge in [-0.05, 0) is 18.6 Å². The number of carbonyl (C=O) groups is 1. The van der Waals surface area contributed by atoms with E-state index in [0.717, 1.165) is 5.56 Å². The summed E-state index contributed by atoms with van der Waals surface area (Å²) in [6.45, 7) is 2.16. The van der Waals surface area contributed by atoms with Crippen molar-refractivity contribution in [2.45, 2.75) is 13.3 Å². The molecule has 0 aliphatic heterocycles. The molecule has 0 spiro atoms. The number of methoxy groups -OCH3 is 1. The van der Waals surface area contributed by atoms with Crippen molar-refractivity contribution in [3.05, 3.63) is 22.7 Å². The van der Waals surface area contributed by atoms with E-state index in [-0.39, 0.29) is 19.5 Å². The zero-order valence-electron chi connectivity index (χ0n) is 10.8. The third-order valence-corrected chi connectivity index (χ3v) is 3.07. The fraction of sp³-hybridized carbons (Fsp3) is 0.385. The van der Waals surface area contributed by atoms with Crippen LogP contribution in [0.25, 0.3) is 0 Å². The number of benzene rings is 1. The van der Waals surface area contributed by atoms with Gasteiger partial charge in [0.25, 0.3) is 0 Å². The molecule has 6 heteroatoms. The number of rotatable bonds is 6. The normalized spacial score (nSPS) is 9.79. The van der Waals surface area contributed by atoms with Crippen molar-refractivity contribution in [3.63, 3.8) is 0 Å². The van der Waals surface area contributed by atoms with Gasteiger partial charge < -0.3 is 14.7 Å². The summed E-state index contributed by atoms with van der Waals surface area (Å²) in [6, 6.07) is 5.48. The number of aliphatic carboxylic acids is 1. The minimum atomic E-state index is -0.910. The predicted octanol–water partition coefficient (Wildman–Crippen LogP) is 2.46. The predicted molar refractivity (Wildman–Crippen MR) is 72.8 cm³/mol. The highest BCUT2D eigenvalue weighted by Gasteiger charge is 2.15. The number of nitriles is 1. The van der Waals surface area contributed by atoms with Crippen molar-refractivity contribution in [1.82, 2.24) is 0 Å². The van der Waals surface area contributed by atoms with Gasteiger partial charge in [-0.1, -0.05) is 11.6 Å². The molecule has 0 aromatic heterocycles. The molecule has 0 bridgehead atoms. The second kappa shape index (κ2) is 6.86. The molecule has 0 heterocycles. The Morgan fingerprint density at radius 3 is 2.79 bits per heavy atom. The first-order chi connectivity index (χ1) is 8.99. The van der Waals surface area contributed by atoms with Crippen molar-refractivity contribution in [3.8, 4) is 11.8 Å². The molecule has 0 atom stereocenters. The van der Waals surface area contributed by atoms with Crippen LogP contribution in [0, 0.1) is 18.3 Å². The number of carboxylic acids is 1. The van der Waals surface area contributed by atoms with Gasteiger partial charge in [0.2, 0.25) is 0 Å². The SMILES string of the molecule is COc1cc(Cl)c(C)cc1N(CC#N)CCC(=O)O. The molecule has 1 rings (SSSR count). The van der Waals surface area contributed by atoms with Crippen LogP contribution in [-0.2, 0) is 4.79 Å². The topological polar surface area (TPSA) is 73.6 Å². The second-order valence-corrected chi connectivity index (χ2v) is 4.40. The molecule has 0 radical (unpaired) electrons. The fourth-order valence-electron chi connectivity index (χ4n) is 1.66. The Hall–Kier alpha value is -1.93. The van der Waals surface area contributed by atoms with E-state index in [9.17, 15) is 4.79 Å². The van der Waals surface area contributed by atoms with E-state index >= 15 is 0 Å². The lowest BCUT2D eigenvalue weighted by Gasteiger charge is -2.24. The number of aryl methyl sites for hydroxylation is 1. The first kappa shape index (κ1) is 15.1. The van der Waals surface area contributed by atoms with E-state index in [2.05, 4.69) is 0 Å². The van der Waals surface area contributed by atoms with Crippen molar-refractivity contribution in [1.29, 1.82) is 5.26 Å². The summed E-state index contributed by atoms with van der Waals surface area (Å²) in [6.07, 6.45) is -0.0491. The number of ether oxygens (including phenoxy) is 1. The lowest BCUT2D eigenvalue weighted by Crippen LogP contribution is -2.27. The summed E-state index contributed by atoms with van der Waals surface area (Å²) in [5, 5.41) is 18.2. The molecule has 1 aromatic rings. The standard InChI is InChI=1S/C13H15ClN2O3/c1-9-7-11(12(19-2)8-10(9)14)16(6-4-15)5-3-13(17)18/h7-8H,3,5-6H2,1-2H3,(H,17,18). The Balaban J connectivity index is 3.10. The van der Waals surface area contributed by atoms with Gasteiger partial charge in [-0.25, -0.2) is 0 Å². The Morgan fingerprint density at radius 2 is 2.26 bits per heavy atom. The number of anilines is 1. The summed E-state index contributed by atoms with van der Waals surface area (Å²) in [7, 11) is 1.51. The Kier molecular flexibility index (Phi) is 5.46. The van der Waals surface area contributed by atoms with Crippen LogP contribution in [0.3, 0.4) is 0 Å². The van der Waals surface area contributed by atoms with Crippen LogP contribution < -0.4 is 9.64 Å². The van der Waals surface area contributed by atoms with Crippen LogP contribution in [0.5, 0.6) is 5.75 Å². The van der Waals surface area contributed by atoms with Crippen molar-refractivity contribution in [2.24, 2.45) is 0 Å². The lowest BCUT2D eigenvalue weighted by molar-refractivity contribution is -0.136. The van der Waals surface area contributed by atoms with Crippen molar-refractivity contribution < 1.29 is 14.6 Å². The third kappa shape index (κ3) is 4.04. The van der Waals surface area contributed by atoms with E-state index in [0.29, 0.717) is 16.5 Å². The molecule has 0 saturated heterocycles. The highest BCUT2D eigenvalue weighted by atomic mass is 35.5. The second-order valence-electron chi connectivity index (χ2n) is 4.00. The van der Waals surface area contributed by atoms with E-state index < -0.39 is 5.97 Å². The molecule has 0 aliphatic carbocycles. The minimum Gasteiger partial charge on any atom is -0.495 e. The number of carboxylic acid groups (broad SMARTS) is 1. The Morgan fingerprint density at radius 1 is 1.58 bits per heavy atom. The first-order valence-corrected chi connectivity index (χ1v) is 6.05. The molecule has 0 fully saturated rings. The average molecular weight is 283 g/mol. The van der Waals surface area contributed by atoms with E-state index in [4.69, 9.17) is 26.7 Å². The van der Waals surface area contributed by atoms with E-state index in [1.165, 1.54) is 7.11 Å². The molecule has 0 saturated carbocycles. The Bertz CT molecular complexity index is 511. The van der Waals surface area contributed by atoms with E-state index in [1.54, 1.807) is 17.0 Å². The molecule has 0 aliphatic rings. The number of hydrogen-bond acceptors (Lipinski definition) is 4. The molecular weight excluding hydrogens is 268 g/mol.